The average Bonchev–Trinajstić information content (AvgIpc) is 3.33. The number of aliphatic hydroxyl groups excluding tert-OH is 2. The molecule has 1 fully saturated rings. The van der Waals surface area contributed by atoms with Crippen molar-refractivity contribution in [3.05, 3.63) is 85.1 Å². The first-order valence-corrected chi connectivity index (χ1v) is 26.6. The van der Waals surface area contributed by atoms with Crippen LogP contribution in [0.2, 0.25) is 0 Å². The molecule has 1 saturated heterocycles. The highest BCUT2D eigenvalue weighted by Crippen LogP contribution is 2.26. The zero-order valence-corrected chi connectivity index (χ0v) is 42.8. The van der Waals surface area contributed by atoms with Crippen LogP contribution in [0.25, 0.3) is 0 Å². The molecule has 0 aliphatic carbocycles. The van der Waals surface area contributed by atoms with Gasteiger partial charge < -0.3 is 39.0 Å². The molecule has 1 aliphatic rings. The molecule has 69 heavy (non-hydrogen) atoms. The first-order valence-electron chi connectivity index (χ1n) is 26.6. The highest BCUT2D eigenvalue weighted by Gasteiger charge is 2.50. The highest BCUT2D eigenvalue weighted by molar-refractivity contribution is 5.74. The third-order valence-electron chi connectivity index (χ3n) is 11.5. The van der Waals surface area contributed by atoms with Crippen molar-refractivity contribution in [3.8, 4) is 0 Å². The molecule has 1 rings (SSSR count). The number of rotatable bonds is 43. The molecule has 12 heteroatoms. The van der Waals surface area contributed by atoms with Crippen LogP contribution in [0, 0.1) is 0 Å². The molecule has 6 atom stereocenters. The van der Waals surface area contributed by atoms with Crippen molar-refractivity contribution in [1.82, 2.24) is 0 Å². The summed E-state index contributed by atoms with van der Waals surface area (Å²) in [6.45, 7) is 5.73. The van der Waals surface area contributed by atoms with E-state index in [1.54, 1.807) is 12.2 Å². The van der Waals surface area contributed by atoms with Gasteiger partial charge >= 0.3 is 23.9 Å². The fourth-order valence-electron chi connectivity index (χ4n) is 7.36. The lowest BCUT2D eigenvalue weighted by Crippen LogP contribution is -2.61. The number of unbranched alkanes of at least 4 members (excludes halogenated alkanes) is 16. The van der Waals surface area contributed by atoms with Gasteiger partial charge in [-0.15, -0.1) is 0 Å². The predicted molar refractivity (Wildman–Crippen MR) is 275 cm³/mol. The summed E-state index contributed by atoms with van der Waals surface area (Å²) in [4.78, 5) is 50.8. The standard InChI is InChI=1S/C57H92O12/c1-4-7-10-13-16-19-22-24-25-27-30-33-36-39-42-45-51(60)68-55-53(62)52(61)54(56(63)64)69-57(55)66-47-48(67-50(59)44-41-38-35-32-28-21-18-15-12-9-6-3)46-65-49(58)43-40-37-34-31-29-26-23-20-17-14-11-8-5-2/h7,10,15-16,18-20,23-25,30,33,39,42,48,52-55,57,61-62H,4-6,8-9,11-14,17,21-22,26-29,31-32,34-38,40-41,43-47H2,1-3H3,(H,63,64)/b10-7-,18-15-,19-16-,23-20-,25-24-,33-30-,42-39-. The summed E-state index contributed by atoms with van der Waals surface area (Å²) in [7, 11) is 0. The second-order valence-electron chi connectivity index (χ2n) is 17.8. The molecule has 1 aliphatic heterocycles. The number of carbonyl (C=O) groups excluding carboxylic acids is 3. The number of carboxylic acid groups (broad SMARTS) is 1. The van der Waals surface area contributed by atoms with Gasteiger partial charge in [-0.2, -0.15) is 0 Å². The number of aliphatic hydroxyl groups is 2. The Balaban J connectivity index is 2.79. The summed E-state index contributed by atoms with van der Waals surface area (Å²) in [6.07, 6.45) is 44.5. The number of hydrogen-bond acceptors (Lipinski definition) is 11. The van der Waals surface area contributed by atoms with Gasteiger partial charge in [-0.3, -0.25) is 14.4 Å². The van der Waals surface area contributed by atoms with Crippen LogP contribution in [0.1, 0.15) is 201 Å². The topological polar surface area (TPSA) is 175 Å². The Morgan fingerprint density at radius 3 is 1.49 bits per heavy atom. The predicted octanol–water partition coefficient (Wildman–Crippen LogP) is 12.8. The molecule has 0 spiro atoms. The highest BCUT2D eigenvalue weighted by atomic mass is 16.7. The van der Waals surface area contributed by atoms with Crippen LogP contribution in [-0.4, -0.2) is 89.2 Å². The molecule has 0 amide bonds. The molecular formula is C57H92O12. The third-order valence-corrected chi connectivity index (χ3v) is 11.5. The lowest BCUT2D eigenvalue weighted by atomic mass is 9.98. The third kappa shape index (κ3) is 35.6. The van der Waals surface area contributed by atoms with Crippen LogP contribution in [0.5, 0.6) is 0 Å². The SMILES string of the molecule is CC/C=C\C/C=C\C/C=C\C/C=C\C/C=C\CC(=O)OC1C(OCC(COC(=O)CCCCCCC/C=C\CCCCCC)OC(=O)CCCCCCC/C=C\CCCC)OC(C(=O)O)C(O)C1O. The van der Waals surface area contributed by atoms with Gasteiger partial charge in [-0.1, -0.05) is 176 Å². The summed E-state index contributed by atoms with van der Waals surface area (Å²) < 4.78 is 28.1. The van der Waals surface area contributed by atoms with Gasteiger partial charge in [0.25, 0.3) is 0 Å². The van der Waals surface area contributed by atoms with Crippen LogP contribution in [0.3, 0.4) is 0 Å². The van der Waals surface area contributed by atoms with Gasteiger partial charge in [-0.25, -0.2) is 4.79 Å². The van der Waals surface area contributed by atoms with Crippen molar-refractivity contribution in [2.24, 2.45) is 0 Å². The summed E-state index contributed by atoms with van der Waals surface area (Å²) >= 11 is 0. The Bertz CT molecular complexity index is 1530. The van der Waals surface area contributed by atoms with Crippen molar-refractivity contribution < 1.29 is 58.2 Å². The number of carboxylic acids is 1. The van der Waals surface area contributed by atoms with Crippen LogP contribution in [0.15, 0.2) is 85.1 Å². The fraction of sp³-hybridized carbons (Fsp3) is 0.684. The second-order valence-corrected chi connectivity index (χ2v) is 17.8. The number of carbonyl (C=O) groups is 4. The normalized spacial score (nSPS) is 19.3. The van der Waals surface area contributed by atoms with Crippen LogP contribution < -0.4 is 0 Å². The van der Waals surface area contributed by atoms with Gasteiger partial charge in [-0.05, 0) is 89.9 Å². The first kappa shape index (κ1) is 62.9. The smallest absolute Gasteiger partial charge is 0.335 e. The molecule has 392 valence electrons. The summed E-state index contributed by atoms with van der Waals surface area (Å²) in [5.74, 6) is -3.32. The minimum atomic E-state index is -1.94. The zero-order valence-electron chi connectivity index (χ0n) is 42.8. The van der Waals surface area contributed by atoms with E-state index in [1.165, 1.54) is 38.5 Å². The quantitative estimate of drug-likeness (QED) is 0.0229. The Hall–Kier alpha value is -4.10. The van der Waals surface area contributed by atoms with Gasteiger partial charge in [0.1, 0.15) is 18.8 Å². The number of allylic oxidation sites excluding steroid dienone is 13. The fourth-order valence-corrected chi connectivity index (χ4v) is 7.36. The Labute approximate surface area is 416 Å². The molecule has 0 aromatic rings. The molecule has 0 aromatic carbocycles. The molecule has 12 nitrogen and oxygen atoms in total. The second kappa shape index (κ2) is 45.1. The lowest BCUT2D eigenvalue weighted by Gasteiger charge is -2.40. The molecule has 3 N–H and O–H groups in total. The van der Waals surface area contributed by atoms with E-state index in [0.29, 0.717) is 19.3 Å². The van der Waals surface area contributed by atoms with Gasteiger partial charge in [0.15, 0.2) is 24.6 Å². The van der Waals surface area contributed by atoms with E-state index in [4.69, 9.17) is 23.7 Å². The number of aliphatic carboxylic acids is 1. The molecular weight excluding hydrogens is 877 g/mol. The first-order chi connectivity index (χ1) is 33.6. The van der Waals surface area contributed by atoms with Crippen LogP contribution in [-0.2, 0) is 42.9 Å². The van der Waals surface area contributed by atoms with Gasteiger partial charge in [0, 0.05) is 12.8 Å². The maximum Gasteiger partial charge on any atom is 0.335 e. The van der Waals surface area contributed by atoms with Crippen molar-refractivity contribution >= 4 is 23.9 Å². The number of ether oxygens (including phenoxy) is 5. The molecule has 6 unspecified atom stereocenters. The van der Waals surface area contributed by atoms with E-state index >= 15 is 0 Å². The van der Waals surface area contributed by atoms with Crippen molar-refractivity contribution in [2.75, 3.05) is 13.2 Å². The van der Waals surface area contributed by atoms with Crippen LogP contribution >= 0.6 is 0 Å². The van der Waals surface area contributed by atoms with E-state index in [2.05, 4.69) is 81.5 Å². The van der Waals surface area contributed by atoms with Gasteiger partial charge in [0.2, 0.25) is 0 Å². The number of hydrogen-bond donors (Lipinski definition) is 3. The summed E-state index contributed by atoms with van der Waals surface area (Å²) in [5.41, 5.74) is 0. The summed E-state index contributed by atoms with van der Waals surface area (Å²) in [6, 6.07) is 0. The average molecular weight is 969 g/mol. The van der Waals surface area contributed by atoms with E-state index in [0.717, 1.165) is 103 Å². The van der Waals surface area contributed by atoms with Crippen molar-refractivity contribution in [1.29, 1.82) is 0 Å². The number of esters is 3. The van der Waals surface area contributed by atoms with Crippen molar-refractivity contribution in [2.45, 2.75) is 237 Å². The molecule has 0 radical (unpaired) electrons. The molecule has 0 aromatic heterocycles. The minimum Gasteiger partial charge on any atom is -0.479 e. The van der Waals surface area contributed by atoms with Gasteiger partial charge in [0.05, 0.1) is 13.0 Å². The Morgan fingerprint density at radius 2 is 0.971 bits per heavy atom. The maximum atomic E-state index is 13.0. The van der Waals surface area contributed by atoms with E-state index in [-0.39, 0.29) is 25.9 Å². The molecule has 0 saturated carbocycles. The minimum absolute atomic E-state index is 0.137. The lowest BCUT2D eigenvalue weighted by molar-refractivity contribution is -0.301. The Morgan fingerprint density at radius 1 is 0.507 bits per heavy atom. The maximum absolute atomic E-state index is 13.0. The zero-order chi connectivity index (χ0) is 50.4. The van der Waals surface area contributed by atoms with E-state index in [9.17, 15) is 34.5 Å². The van der Waals surface area contributed by atoms with E-state index < -0.39 is 67.3 Å². The van der Waals surface area contributed by atoms with Crippen molar-refractivity contribution in [3.63, 3.8) is 0 Å². The van der Waals surface area contributed by atoms with Crippen LogP contribution in [0.4, 0.5) is 0 Å². The van der Waals surface area contributed by atoms with E-state index in [1.807, 2.05) is 12.2 Å². The Kier molecular flexibility index (Phi) is 41.1. The molecule has 0 bridgehead atoms. The molecule has 1 heterocycles. The monoisotopic (exact) mass is 969 g/mol. The summed E-state index contributed by atoms with van der Waals surface area (Å²) in [5, 5.41) is 31.3. The largest absolute Gasteiger partial charge is 0.479 e.